The second-order valence-electron chi connectivity index (χ2n) is 1.58. The molecule has 0 saturated heterocycles. The van der Waals surface area contributed by atoms with Gasteiger partial charge in [0.15, 0.2) is 6.10 Å². The molecule has 0 aliphatic carbocycles. The minimum atomic E-state index is -1.44. The summed E-state index contributed by atoms with van der Waals surface area (Å²) in [5, 5.41) is 17.1. The Morgan fingerprint density at radius 3 is 2.00 bits per heavy atom. The first-order chi connectivity index (χ1) is 5.26. The van der Waals surface area contributed by atoms with Crippen LogP contribution in [0, 0.1) is 0 Å². The standard InChI is InChI=1S/C5H8O6/c6-1-4(9)5(10-2-7)11-3-8/h2-6,9H,1H2. The quantitative estimate of drug-likeness (QED) is 0.349. The van der Waals surface area contributed by atoms with Crippen molar-refractivity contribution in [3.05, 3.63) is 0 Å². The highest BCUT2D eigenvalue weighted by Gasteiger charge is 2.20. The number of carbonyl (C=O) groups excluding carboxylic acids is 2. The summed E-state index contributed by atoms with van der Waals surface area (Å²) in [5.74, 6) is 0. The lowest BCUT2D eigenvalue weighted by atomic mass is 10.4. The molecule has 2 N–H and O–H groups in total. The summed E-state index contributed by atoms with van der Waals surface area (Å²) in [6.45, 7) is -0.646. The third-order valence-corrected chi connectivity index (χ3v) is 0.881. The topological polar surface area (TPSA) is 93.1 Å². The summed E-state index contributed by atoms with van der Waals surface area (Å²) in [6.07, 6.45) is -2.85. The molecule has 6 heteroatoms. The molecule has 0 radical (unpaired) electrons. The second-order valence-corrected chi connectivity index (χ2v) is 1.58. The molecule has 0 amide bonds. The van der Waals surface area contributed by atoms with Crippen molar-refractivity contribution in [1.29, 1.82) is 0 Å². The van der Waals surface area contributed by atoms with Crippen molar-refractivity contribution >= 4 is 12.9 Å². The predicted molar refractivity (Wildman–Crippen MR) is 31.2 cm³/mol. The maximum absolute atomic E-state index is 9.70. The SMILES string of the molecule is O=COC(OC=O)C(O)CO. The maximum atomic E-state index is 9.70. The van der Waals surface area contributed by atoms with Crippen LogP contribution in [-0.4, -0.2) is 42.2 Å². The van der Waals surface area contributed by atoms with E-state index in [1.807, 2.05) is 0 Å². The molecule has 64 valence electrons. The Bertz CT molecular complexity index is 114. The van der Waals surface area contributed by atoms with E-state index in [4.69, 9.17) is 10.2 Å². The number of rotatable bonds is 6. The average molecular weight is 164 g/mol. The molecule has 0 saturated carbocycles. The summed E-state index contributed by atoms with van der Waals surface area (Å²) >= 11 is 0. The molecular formula is C5H8O6. The molecule has 0 aromatic rings. The minimum Gasteiger partial charge on any atom is -0.424 e. The number of carbonyl (C=O) groups is 2. The fraction of sp³-hybridized carbons (Fsp3) is 0.600. The van der Waals surface area contributed by atoms with Crippen LogP contribution in [0.2, 0.25) is 0 Å². The van der Waals surface area contributed by atoms with Crippen LogP contribution < -0.4 is 0 Å². The van der Waals surface area contributed by atoms with E-state index in [2.05, 4.69) is 9.47 Å². The van der Waals surface area contributed by atoms with Crippen LogP contribution in [0.1, 0.15) is 0 Å². The fourth-order valence-corrected chi connectivity index (χ4v) is 0.409. The number of ether oxygens (including phenoxy) is 2. The molecule has 0 aliphatic heterocycles. The van der Waals surface area contributed by atoms with E-state index in [0.717, 1.165) is 0 Å². The first-order valence-electron chi connectivity index (χ1n) is 2.73. The van der Waals surface area contributed by atoms with Crippen LogP contribution in [0.5, 0.6) is 0 Å². The van der Waals surface area contributed by atoms with Gasteiger partial charge in [0.05, 0.1) is 6.61 Å². The van der Waals surface area contributed by atoms with E-state index in [1.165, 1.54) is 0 Å². The summed E-state index contributed by atoms with van der Waals surface area (Å²) in [7, 11) is 0. The molecule has 1 atom stereocenters. The van der Waals surface area contributed by atoms with Crippen molar-refractivity contribution < 1.29 is 29.3 Å². The van der Waals surface area contributed by atoms with Crippen molar-refractivity contribution in [1.82, 2.24) is 0 Å². The predicted octanol–water partition coefficient (Wildman–Crippen LogP) is -1.99. The van der Waals surface area contributed by atoms with Gasteiger partial charge in [0.2, 0.25) is 0 Å². The van der Waals surface area contributed by atoms with E-state index in [-0.39, 0.29) is 12.9 Å². The molecule has 0 spiro atoms. The van der Waals surface area contributed by atoms with Crippen molar-refractivity contribution in [2.45, 2.75) is 12.4 Å². The van der Waals surface area contributed by atoms with Gasteiger partial charge in [0.25, 0.3) is 19.2 Å². The largest absolute Gasteiger partial charge is 0.424 e. The number of aliphatic hydroxyl groups excluding tert-OH is 2. The summed E-state index contributed by atoms with van der Waals surface area (Å²) in [5.41, 5.74) is 0. The highest BCUT2D eigenvalue weighted by Crippen LogP contribution is 1.97. The molecule has 0 bridgehead atoms. The molecule has 0 heterocycles. The summed E-state index contributed by atoms with van der Waals surface area (Å²) in [6, 6.07) is 0. The van der Waals surface area contributed by atoms with Gasteiger partial charge < -0.3 is 19.7 Å². The Balaban J connectivity index is 3.84. The van der Waals surface area contributed by atoms with Gasteiger partial charge in [-0.1, -0.05) is 0 Å². The first kappa shape index (κ1) is 9.86. The Morgan fingerprint density at radius 2 is 1.73 bits per heavy atom. The van der Waals surface area contributed by atoms with Crippen LogP contribution in [0.3, 0.4) is 0 Å². The molecule has 0 aliphatic rings. The van der Waals surface area contributed by atoms with E-state index < -0.39 is 19.0 Å². The lowest BCUT2D eigenvalue weighted by Gasteiger charge is -2.16. The highest BCUT2D eigenvalue weighted by molar-refractivity contribution is 5.40. The van der Waals surface area contributed by atoms with Gasteiger partial charge >= 0.3 is 0 Å². The van der Waals surface area contributed by atoms with Gasteiger partial charge in [0.1, 0.15) is 0 Å². The maximum Gasteiger partial charge on any atom is 0.296 e. The number of hydrogen-bond acceptors (Lipinski definition) is 6. The second kappa shape index (κ2) is 5.63. The first-order valence-corrected chi connectivity index (χ1v) is 2.73. The molecular weight excluding hydrogens is 156 g/mol. The number of aliphatic hydroxyl groups is 2. The van der Waals surface area contributed by atoms with Gasteiger partial charge in [-0.2, -0.15) is 0 Å². The van der Waals surface area contributed by atoms with Gasteiger partial charge in [-0.15, -0.1) is 0 Å². The van der Waals surface area contributed by atoms with Crippen molar-refractivity contribution in [2.75, 3.05) is 6.61 Å². The fourth-order valence-electron chi connectivity index (χ4n) is 0.409. The zero-order valence-electron chi connectivity index (χ0n) is 5.54. The van der Waals surface area contributed by atoms with Crippen molar-refractivity contribution in [3.8, 4) is 0 Å². The zero-order valence-corrected chi connectivity index (χ0v) is 5.54. The molecule has 0 aromatic carbocycles. The van der Waals surface area contributed by atoms with Crippen LogP contribution >= 0.6 is 0 Å². The Hall–Kier alpha value is -1.14. The van der Waals surface area contributed by atoms with Gasteiger partial charge in [-0.3, -0.25) is 9.59 Å². The van der Waals surface area contributed by atoms with Crippen LogP contribution in [0.25, 0.3) is 0 Å². The third kappa shape index (κ3) is 3.54. The zero-order chi connectivity index (χ0) is 8.69. The lowest BCUT2D eigenvalue weighted by molar-refractivity contribution is -0.193. The smallest absolute Gasteiger partial charge is 0.296 e. The molecule has 0 rings (SSSR count). The Kier molecular flexibility index (Phi) is 5.05. The van der Waals surface area contributed by atoms with E-state index in [9.17, 15) is 9.59 Å². The molecule has 6 nitrogen and oxygen atoms in total. The Labute approximate surface area is 62.3 Å². The van der Waals surface area contributed by atoms with Gasteiger partial charge in [0, 0.05) is 0 Å². The number of hydrogen-bond donors (Lipinski definition) is 2. The van der Waals surface area contributed by atoms with Crippen LogP contribution in [-0.2, 0) is 19.1 Å². The van der Waals surface area contributed by atoms with E-state index in [1.54, 1.807) is 0 Å². The normalized spacial score (nSPS) is 12.3. The molecule has 1 unspecified atom stereocenters. The summed E-state index contributed by atoms with van der Waals surface area (Å²) in [4.78, 5) is 19.4. The average Bonchev–Trinajstić information content (AvgIpc) is 2.03. The van der Waals surface area contributed by atoms with Crippen molar-refractivity contribution in [3.63, 3.8) is 0 Å². The van der Waals surface area contributed by atoms with Gasteiger partial charge in [-0.05, 0) is 0 Å². The van der Waals surface area contributed by atoms with Crippen LogP contribution in [0.4, 0.5) is 0 Å². The summed E-state index contributed by atoms with van der Waals surface area (Å²) < 4.78 is 8.18. The molecule has 0 aromatic heterocycles. The highest BCUT2D eigenvalue weighted by atomic mass is 16.7. The van der Waals surface area contributed by atoms with Crippen molar-refractivity contribution in [2.24, 2.45) is 0 Å². The Morgan fingerprint density at radius 1 is 1.27 bits per heavy atom. The third-order valence-electron chi connectivity index (χ3n) is 0.881. The van der Waals surface area contributed by atoms with E-state index in [0.29, 0.717) is 0 Å². The minimum absolute atomic E-state index is 0.00699. The molecule has 0 fully saturated rings. The lowest BCUT2D eigenvalue weighted by Crippen LogP contribution is -2.33. The van der Waals surface area contributed by atoms with Crippen LogP contribution in [0.15, 0.2) is 0 Å². The monoisotopic (exact) mass is 164 g/mol. The molecule has 11 heavy (non-hydrogen) atoms. The van der Waals surface area contributed by atoms with E-state index >= 15 is 0 Å². The van der Waals surface area contributed by atoms with Gasteiger partial charge in [-0.25, -0.2) is 0 Å².